The molecule has 1 heterocycles. The Bertz CT molecular complexity index is 1040. The highest BCUT2D eigenvalue weighted by atomic mass is 16.5. The Balaban J connectivity index is 1.64. The molecule has 0 unspecified atom stereocenters. The van der Waals surface area contributed by atoms with E-state index >= 15 is 0 Å². The third kappa shape index (κ3) is 6.01. The second-order valence-electron chi connectivity index (χ2n) is 7.48. The van der Waals surface area contributed by atoms with Crippen molar-refractivity contribution in [2.24, 2.45) is 4.99 Å². The van der Waals surface area contributed by atoms with Gasteiger partial charge in [0.15, 0.2) is 5.96 Å². The van der Waals surface area contributed by atoms with Crippen LogP contribution in [-0.4, -0.2) is 51.1 Å². The van der Waals surface area contributed by atoms with Crippen molar-refractivity contribution in [1.29, 1.82) is 0 Å². The number of carbonyl (C=O) groups is 1. The van der Waals surface area contributed by atoms with Gasteiger partial charge in [-0.1, -0.05) is 30.3 Å². The average molecular weight is 423 g/mol. The summed E-state index contributed by atoms with van der Waals surface area (Å²) >= 11 is 0. The highest BCUT2D eigenvalue weighted by Gasteiger charge is 2.11. The van der Waals surface area contributed by atoms with Crippen LogP contribution in [0.4, 0.5) is 0 Å². The molecule has 3 aromatic rings. The Kier molecular flexibility index (Phi) is 7.54. The van der Waals surface area contributed by atoms with E-state index in [1.165, 1.54) is 10.5 Å². The van der Waals surface area contributed by atoms with Gasteiger partial charge in [-0.25, -0.2) is 4.99 Å². The summed E-state index contributed by atoms with van der Waals surface area (Å²) in [6.45, 7) is 3.27. The standard InChI is InChI=1S/C24H30N4O3/c1-17-20-7-5-6-8-21(20)31-22(17)15-26-24(27-16-23(29)28(2)3)25-14-13-18-9-11-19(30-4)12-10-18/h5-12H,13-16H2,1-4H3,(H2,25,26,27). The van der Waals surface area contributed by atoms with Crippen LogP contribution in [0.5, 0.6) is 5.75 Å². The van der Waals surface area contributed by atoms with Crippen LogP contribution < -0.4 is 15.4 Å². The van der Waals surface area contributed by atoms with Crippen molar-refractivity contribution in [2.75, 3.05) is 34.3 Å². The predicted molar refractivity (Wildman–Crippen MR) is 123 cm³/mol. The molecule has 7 nitrogen and oxygen atoms in total. The van der Waals surface area contributed by atoms with E-state index in [2.05, 4.69) is 21.7 Å². The number of carbonyl (C=O) groups excluding carboxylic acids is 1. The fourth-order valence-electron chi connectivity index (χ4n) is 3.14. The highest BCUT2D eigenvalue weighted by molar-refractivity contribution is 5.85. The largest absolute Gasteiger partial charge is 0.497 e. The molecule has 2 N–H and O–H groups in total. The zero-order valence-electron chi connectivity index (χ0n) is 18.6. The van der Waals surface area contributed by atoms with Crippen LogP contribution in [0.25, 0.3) is 11.0 Å². The summed E-state index contributed by atoms with van der Waals surface area (Å²) < 4.78 is 11.2. The second kappa shape index (κ2) is 10.5. The SMILES string of the molecule is COc1ccc(CCNC(=NCC(=O)N(C)C)NCc2oc3ccccc3c2C)cc1. The number of hydrogen-bond donors (Lipinski definition) is 2. The quantitative estimate of drug-likeness (QED) is 0.431. The van der Waals surface area contributed by atoms with Crippen LogP contribution in [0.2, 0.25) is 0 Å². The second-order valence-corrected chi connectivity index (χ2v) is 7.48. The molecular weight excluding hydrogens is 392 g/mol. The van der Waals surface area contributed by atoms with Gasteiger partial charge in [0, 0.05) is 31.6 Å². The Hall–Kier alpha value is -3.48. The van der Waals surface area contributed by atoms with Crippen molar-refractivity contribution in [1.82, 2.24) is 15.5 Å². The van der Waals surface area contributed by atoms with Crippen LogP contribution in [0.3, 0.4) is 0 Å². The number of fused-ring (bicyclic) bond motifs is 1. The summed E-state index contributed by atoms with van der Waals surface area (Å²) in [5, 5.41) is 7.71. The van der Waals surface area contributed by atoms with Gasteiger partial charge in [-0.3, -0.25) is 4.79 Å². The van der Waals surface area contributed by atoms with E-state index in [4.69, 9.17) is 9.15 Å². The Morgan fingerprint density at radius 3 is 2.52 bits per heavy atom. The summed E-state index contributed by atoms with van der Waals surface area (Å²) in [5.41, 5.74) is 3.15. The fraction of sp³-hybridized carbons (Fsp3) is 0.333. The smallest absolute Gasteiger partial charge is 0.243 e. The number of benzene rings is 2. The van der Waals surface area contributed by atoms with Crippen LogP contribution in [0.15, 0.2) is 57.9 Å². The molecule has 0 saturated heterocycles. The van der Waals surface area contributed by atoms with E-state index in [0.717, 1.165) is 34.5 Å². The van der Waals surface area contributed by atoms with Gasteiger partial charge in [0.2, 0.25) is 5.91 Å². The molecule has 0 fully saturated rings. The molecule has 31 heavy (non-hydrogen) atoms. The minimum atomic E-state index is -0.0591. The summed E-state index contributed by atoms with van der Waals surface area (Å²) in [7, 11) is 5.10. The molecule has 0 atom stereocenters. The number of nitrogens with one attached hydrogen (secondary N) is 2. The first kappa shape index (κ1) is 22.2. The number of amides is 1. The number of hydrogen-bond acceptors (Lipinski definition) is 4. The molecule has 0 spiro atoms. The van der Waals surface area contributed by atoms with Gasteiger partial charge < -0.3 is 24.7 Å². The summed E-state index contributed by atoms with van der Waals surface area (Å²) in [6, 6.07) is 16.0. The number of aryl methyl sites for hydroxylation is 1. The van der Waals surface area contributed by atoms with Crippen LogP contribution >= 0.6 is 0 Å². The lowest BCUT2D eigenvalue weighted by Crippen LogP contribution is -2.39. The van der Waals surface area contributed by atoms with E-state index in [1.54, 1.807) is 21.2 Å². The minimum Gasteiger partial charge on any atom is -0.497 e. The first-order valence-electron chi connectivity index (χ1n) is 10.3. The molecule has 7 heteroatoms. The maximum atomic E-state index is 12.0. The summed E-state index contributed by atoms with van der Waals surface area (Å²) in [6.07, 6.45) is 0.815. The Morgan fingerprint density at radius 2 is 1.84 bits per heavy atom. The molecule has 1 aromatic heterocycles. The van der Waals surface area contributed by atoms with Gasteiger partial charge >= 0.3 is 0 Å². The molecule has 0 radical (unpaired) electrons. The van der Waals surface area contributed by atoms with E-state index < -0.39 is 0 Å². The van der Waals surface area contributed by atoms with Crippen molar-refractivity contribution in [2.45, 2.75) is 19.9 Å². The van der Waals surface area contributed by atoms with Crippen molar-refractivity contribution in [3.05, 3.63) is 65.4 Å². The number of rotatable bonds is 8. The summed E-state index contributed by atoms with van der Waals surface area (Å²) in [4.78, 5) is 18.0. The number of aliphatic imine (C=N–C) groups is 1. The molecule has 1 amide bonds. The van der Waals surface area contributed by atoms with E-state index in [-0.39, 0.29) is 12.5 Å². The number of furan rings is 1. The Labute approximate surface area is 183 Å². The van der Waals surface area contributed by atoms with Crippen molar-refractivity contribution in [3.8, 4) is 5.75 Å². The highest BCUT2D eigenvalue weighted by Crippen LogP contribution is 2.24. The number of methoxy groups -OCH3 is 1. The van der Waals surface area contributed by atoms with Crippen LogP contribution in [0, 0.1) is 6.92 Å². The van der Waals surface area contributed by atoms with Crippen LogP contribution in [-0.2, 0) is 17.8 Å². The number of para-hydroxylation sites is 1. The molecule has 0 bridgehead atoms. The predicted octanol–water partition coefficient (Wildman–Crippen LogP) is 3.12. The maximum Gasteiger partial charge on any atom is 0.243 e. The molecule has 2 aromatic carbocycles. The van der Waals surface area contributed by atoms with E-state index in [9.17, 15) is 4.79 Å². The molecule has 3 rings (SSSR count). The fourth-order valence-corrected chi connectivity index (χ4v) is 3.14. The zero-order valence-corrected chi connectivity index (χ0v) is 18.6. The molecule has 0 saturated carbocycles. The monoisotopic (exact) mass is 422 g/mol. The lowest BCUT2D eigenvalue weighted by atomic mass is 10.1. The van der Waals surface area contributed by atoms with Crippen molar-refractivity contribution >= 4 is 22.8 Å². The molecule has 0 aliphatic heterocycles. The molecule has 0 aliphatic carbocycles. The number of nitrogens with zero attached hydrogens (tertiary/aromatic N) is 2. The Morgan fingerprint density at radius 1 is 1.10 bits per heavy atom. The van der Waals surface area contributed by atoms with Crippen molar-refractivity contribution in [3.63, 3.8) is 0 Å². The van der Waals surface area contributed by atoms with Gasteiger partial charge in [-0.05, 0) is 37.1 Å². The van der Waals surface area contributed by atoms with Gasteiger partial charge in [0.1, 0.15) is 23.6 Å². The zero-order chi connectivity index (χ0) is 22.2. The lowest BCUT2D eigenvalue weighted by molar-refractivity contribution is -0.127. The van der Waals surface area contributed by atoms with Crippen molar-refractivity contribution < 1.29 is 13.9 Å². The first-order chi connectivity index (χ1) is 15.0. The normalized spacial score (nSPS) is 11.4. The van der Waals surface area contributed by atoms with Gasteiger partial charge in [-0.15, -0.1) is 0 Å². The van der Waals surface area contributed by atoms with E-state index in [1.807, 2.05) is 49.4 Å². The average Bonchev–Trinajstić information content (AvgIpc) is 3.11. The summed E-state index contributed by atoms with van der Waals surface area (Å²) in [5.74, 6) is 2.20. The third-order valence-electron chi connectivity index (χ3n) is 5.10. The molecule has 164 valence electrons. The topological polar surface area (TPSA) is 79.1 Å². The third-order valence-corrected chi connectivity index (χ3v) is 5.10. The number of likely N-dealkylation sites (N-methyl/N-ethyl adjacent to an activating group) is 1. The van der Waals surface area contributed by atoms with Crippen LogP contribution in [0.1, 0.15) is 16.9 Å². The minimum absolute atomic E-state index is 0.0591. The van der Waals surface area contributed by atoms with E-state index in [0.29, 0.717) is 19.0 Å². The molecule has 0 aliphatic rings. The molecular formula is C24H30N4O3. The number of guanidine groups is 1. The first-order valence-corrected chi connectivity index (χ1v) is 10.3. The number of ether oxygens (including phenoxy) is 1. The van der Waals surface area contributed by atoms with Gasteiger partial charge in [0.25, 0.3) is 0 Å². The van der Waals surface area contributed by atoms with Gasteiger partial charge in [0.05, 0.1) is 13.7 Å². The van der Waals surface area contributed by atoms with Gasteiger partial charge in [-0.2, -0.15) is 0 Å². The maximum absolute atomic E-state index is 12.0. The lowest BCUT2D eigenvalue weighted by Gasteiger charge is -2.13.